The van der Waals surface area contributed by atoms with Crippen molar-refractivity contribution < 1.29 is 23.9 Å². The van der Waals surface area contributed by atoms with E-state index in [2.05, 4.69) is 10.1 Å². The Kier molecular flexibility index (Phi) is 7.18. The number of piperazine rings is 1. The Hall–Kier alpha value is -2.61. The summed E-state index contributed by atoms with van der Waals surface area (Å²) in [5.41, 5.74) is 2.06. The summed E-state index contributed by atoms with van der Waals surface area (Å²) in [5.74, 6) is -0.138. The average molecular weight is 377 g/mol. The molecule has 1 saturated heterocycles. The van der Waals surface area contributed by atoms with Gasteiger partial charge in [0.05, 0.1) is 26.7 Å². The minimum Gasteiger partial charge on any atom is -0.496 e. The number of hydrogen-bond donors (Lipinski definition) is 1. The van der Waals surface area contributed by atoms with Crippen molar-refractivity contribution in [1.82, 2.24) is 15.1 Å². The number of nitrogens with one attached hydrogen (secondary N) is 1. The van der Waals surface area contributed by atoms with Gasteiger partial charge in [-0.15, -0.1) is 0 Å². The normalized spacial score (nSPS) is 17.2. The molecule has 1 fully saturated rings. The number of likely N-dealkylation sites (N-methyl/N-ethyl adjacent to an activating group) is 1. The van der Waals surface area contributed by atoms with Gasteiger partial charge in [-0.1, -0.05) is 12.1 Å². The topological polar surface area (TPSA) is 88.2 Å². The third kappa shape index (κ3) is 5.43. The van der Waals surface area contributed by atoms with Gasteiger partial charge in [0.15, 0.2) is 0 Å². The molecular formula is C19H27N3O5. The van der Waals surface area contributed by atoms with Gasteiger partial charge in [0.2, 0.25) is 11.8 Å². The van der Waals surface area contributed by atoms with Crippen LogP contribution in [0.25, 0.3) is 0 Å². The molecule has 0 unspecified atom stereocenters. The number of benzene rings is 1. The van der Waals surface area contributed by atoms with Gasteiger partial charge in [-0.2, -0.15) is 0 Å². The van der Waals surface area contributed by atoms with Gasteiger partial charge in [-0.25, -0.2) is 0 Å². The molecule has 1 aromatic rings. The third-order valence-corrected chi connectivity index (χ3v) is 4.67. The average Bonchev–Trinajstić information content (AvgIpc) is 2.64. The predicted molar refractivity (Wildman–Crippen MR) is 99.2 cm³/mol. The van der Waals surface area contributed by atoms with E-state index in [4.69, 9.17) is 4.74 Å². The predicted octanol–water partition coefficient (Wildman–Crippen LogP) is 0.326. The lowest BCUT2D eigenvalue weighted by Gasteiger charge is -2.35. The van der Waals surface area contributed by atoms with Crippen LogP contribution >= 0.6 is 0 Å². The summed E-state index contributed by atoms with van der Waals surface area (Å²) in [6.07, 6.45) is 0.00840. The van der Waals surface area contributed by atoms with E-state index in [0.717, 1.165) is 16.9 Å². The molecule has 1 aliphatic rings. The molecule has 8 heteroatoms. The molecule has 1 N–H and O–H groups in total. The van der Waals surface area contributed by atoms with Crippen molar-refractivity contribution in [2.24, 2.45) is 0 Å². The lowest BCUT2D eigenvalue weighted by molar-refractivity contribution is -0.147. The van der Waals surface area contributed by atoms with E-state index in [9.17, 15) is 14.4 Å². The summed E-state index contributed by atoms with van der Waals surface area (Å²) in [6, 6.07) is 5.31. The minimum absolute atomic E-state index is 0.00840. The zero-order valence-electron chi connectivity index (χ0n) is 16.3. The SMILES string of the molecule is COC(=O)CN(C)C(=O)C[C@H]1C(=O)NCCN1Cc1ccc(OC)c(C)c1. The number of ether oxygens (including phenoxy) is 2. The molecule has 0 bridgehead atoms. The molecule has 2 amide bonds. The number of hydrogen-bond acceptors (Lipinski definition) is 6. The van der Waals surface area contributed by atoms with Crippen LogP contribution in [0.15, 0.2) is 18.2 Å². The quantitative estimate of drug-likeness (QED) is 0.689. The molecule has 8 nitrogen and oxygen atoms in total. The van der Waals surface area contributed by atoms with Gasteiger partial charge in [0.1, 0.15) is 12.3 Å². The van der Waals surface area contributed by atoms with Crippen LogP contribution in [0.1, 0.15) is 17.5 Å². The lowest BCUT2D eigenvalue weighted by atomic mass is 10.0. The van der Waals surface area contributed by atoms with E-state index in [-0.39, 0.29) is 24.8 Å². The largest absolute Gasteiger partial charge is 0.496 e. The zero-order valence-corrected chi connectivity index (χ0v) is 16.3. The number of methoxy groups -OCH3 is 2. The Balaban J connectivity index is 2.08. The fraction of sp³-hybridized carbons (Fsp3) is 0.526. The standard InChI is InChI=1S/C19H27N3O5/c1-13-9-14(5-6-16(13)26-3)11-22-8-7-20-19(25)15(22)10-17(23)21(2)12-18(24)27-4/h5-6,9,15H,7-8,10-12H2,1-4H3,(H,20,25)/t15-/m0/s1. The highest BCUT2D eigenvalue weighted by atomic mass is 16.5. The molecule has 1 aliphatic heterocycles. The molecular weight excluding hydrogens is 350 g/mol. The van der Waals surface area contributed by atoms with Crippen LogP contribution in [-0.2, 0) is 25.7 Å². The second-order valence-corrected chi connectivity index (χ2v) is 6.61. The Morgan fingerprint density at radius 2 is 2.07 bits per heavy atom. The second kappa shape index (κ2) is 9.36. The monoisotopic (exact) mass is 377 g/mol. The van der Waals surface area contributed by atoms with E-state index in [1.807, 2.05) is 30.0 Å². The number of aryl methyl sites for hydroxylation is 1. The number of carbonyl (C=O) groups excluding carboxylic acids is 3. The molecule has 1 heterocycles. The number of amides is 2. The maximum Gasteiger partial charge on any atom is 0.325 e. The van der Waals surface area contributed by atoms with Crippen molar-refractivity contribution in [3.63, 3.8) is 0 Å². The van der Waals surface area contributed by atoms with Gasteiger partial charge in [-0.05, 0) is 24.1 Å². The third-order valence-electron chi connectivity index (χ3n) is 4.67. The summed E-state index contributed by atoms with van der Waals surface area (Å²) in [7, 11) is 4.43. The summed E-state index contributed by atoms with van der Waals surface area (Å²) in [5, 5.41) is 2.81. The minimum atomic E-state index is -0.575. The van der Waals surface area contributed by atoms with Crippen LogP contribution < -0.4 is 10.1 Å². The summed E-state index contributed by atoms with van der Waals surface area (Å²) in [6.45, 7) is 3.57. The molecule has 0 saturated carbocycles. The van der Waals surface area contributed by atoms with Crippen LogP contribution in [0.2, 0.25) is 0 Å². The zero-order chi connectivity index (χ0) is 20.0. The van der Waals surface area contributed by atoms with Crippen molar-refractivity contribution in [1.29, 1.82) is 0 Å². The molecule has 27 heavy (non-hydrogen) atoms. The molecule has 2 rings (SSSR count). The van der Waals surface area contributed by atoms with Crippen molar-refractivity contribution in [3.8, 4) is 5.75 Å². The smallest absolute Gasteiger partial charge is 0.325 e. The van der Waals surface area contributed by atoms with Gasteiger partial charge in [-0.3, -0.25) is 19.3 Å². The first-order chi connectivity index (χ1) is 12.8. The van der Waals surface area contributed by atoms with Crippen LogP contribution in [-0.4, -0.2) is 74.5 Å². The fourth-order valence-corrected chi connectivity index (χ4v) is 3.11. The summed E-state index contributed by atoms with van der Waals surface area (Å²) < 4.78 is 9.86. The fourth-order valence-electron chi connectivity index (χ4n) is 3.11. The Bertz CT molecular complexity index is 707. The first-order valence-corrected chi connectivity index (χ1v) is 8.81. The molecule has 0 aliphatic carbocycles. The van der Waals surface area contributed by atoms with Crippen LogP contribution in [0.5, 0.6) is 5.75 Å². The number of carbonyl (C=O) groups is 3. The Morgan fingerprint density at radius 1 is 1.33 bits per heavy atom. The Labute approximate surface area is 159 Å². The summed E-state index contributed by atoms with van der Waals surface area (Å²) >= 11 is 0. The molecule has 1 atom stereocenters. The highest BCUT2D eigenvalue weighted by molar-refractivity contribution is 5.90. The van der Waals surface area contributed by atoms with E-state index < -0.39 is 12.0 Å². The molecule has 148 valence electrons. The number of esters is 1. The first kappa shape index (κ1) is 20.7. The van der Waals surface area contributed by atoms with Crippen molar-refractivity contribution in [2.45, 2.75) is 25.9 Å². The van der Waals surface area contributed by atoms with Gasteiger partial charge in [0.25, 0.3) is 0 Å². The van der Waals surface area contributed by atoms with E-state index in [1.54, 1.807) is 7.11 Å². The summed E-state index contributed by atoms with van der Waals surface area (Å²) in [4.78, 5) is 39.4. The highest BCUT2D eigenvalue weighted by Gasteiger charge is 2.32. The second-order valence-electron chi connectivity index (χ2n) is 6.61. The maximum absolute atomic E-state index is 12.4. The first-order valence-electron chi connectivity index (χ1n) is 8.81. The van der Waals surface area contributed by atoms with Crippen molar-refractivity contribution >= 4 is 17.8 Å². The molecule has 0 spiro atoms. The molecule has 1 aromatic carbocycles. The van der Waals surface area contributed by atoms with Crippen molar-refractivity contribution in [3.05, 3.63) is 29.3 Å². The van der Waals surface area contributed by atoms with Crippen LogP contribution in [0.3, 0.4) is 0 Å². The van der Waals surface area contributed by atoms with E-state index in [0.29, 0.717) is 19.6 Å². The molecule has 0 radical (unpaired) electrons. The van der Waals surface area contributed by atoms with E-state index in [1.165, 1.54) is 19.1 Å². The lowest BCUT2D eigenvalue weighted by Crippen LogP contribution is -2.56. The van der Waals surface area contributed by atoms with Gasteiger partial charge in [0, 0.05) is 26.7 Å². The van der Waals surface area contributed by atoms with Crippen molar-refractivity contribution in [2.75, 3.05) is 40.9 Å². The highest BCUT2D eigenvalue weighted by Crippen LogP contribution is 2.21. The van der Waals surface area contributed by atoms with E-state index >= 15 is 0 Å². The maximum atomic E-state index is 12.4. The van der Waals surface area contributed by atoms with Crippen LogP contribution in [0.4, 0.5) is 0 Å². The van der Waals surface area contributed by atoms with Gasteiger partial charge < -0.3 is 19.7 Å². The van der Waals surface area contributed by atoms with Gasteiger partial charge >= 0.3 is 5.97 Å². The van der Waals surface area contributed by atoms with Crippen LogP contribution in [0, 0.1) is 6.92 Å². The Morgan fingerprint density at radius 3 is 2.70 bits per heavy atom. The number of nitrogens with zero attached hydrogens (tertiary/aromatic N) is 2. The number of rotatable bonds is 7. The molecule has 0 aromatic heterocycles.